The quantitative estimate of drug-likeness (QED) is 0.862. The maximum Gasteiger partial charge on any atom is 0.371 e. The molecule has 0 aliphatic rings. The van der Waals surface area contributed by atoms with E-state index < -0.39 is 11.9 Å². The molecule has 0 aliphatic carbocycles. The van der Waals surface area contributed by atoms with Gasteiger partial charge in [0.2, 0.25) is 5.76 Å². The van der Waals surface area contributed by atoms with Crippen LogP contribution < -0.4 is 5.32 Å². The number of hydrogen-bond acceptors (Lipinski definition) is 5. The van der Waals surface area contributed by atoms with E-state index in [0.717, 1.165) is 0 Å². The van der Waals surface area contributed by atoms with Gasteiger partial charge in [-0.1, -0.05) is 0 Å². The van der Waals surface area contributed by atoms with E-state index in [9.17, 15) is 9.59 Å². The number of rotatable bonds is 4. The predicted molar refractivity (Wildman–Crippen MR) is 65.8 cm³/mol. The lowest BCUT2D eigenvalue weighted by atomic mass is 10.2. The van der Waals surface area contributed by atoms with Gasteiger partial charge in [0.1, 0.15) is 17.5 Å². The van der Waals surface area contributed by atoms with Gasteiger partial charge in [-0.25, -0.2) is 9.78 Å². The highest BCUT2D eigenvalue weighted by Crippen LogP contribution is 2.07. The van der Waals surface area contributed by atoms with Gasteiger partial charge in [-0.15, -0.1) is 0 Å². The van der Waals surface area contributed by atoms with Crippen LogP contribution in [-0.2, 0) is 6.54 Å². The lowest BCUT2D eigenvalue weighted by Gasteiger charge is -2.02. The van der Waals surface area contributed by atoms with Gasteiger partial charge in [0.25, 0.3) is 5.91 Å². The Morgan fingerprint density at radius 1 is 1.35 bits per heavy atom. The normalized spacial score (nSPS) is 9.75. The zero-order valence-corrected chi connectivity index (χ0v) is 10.2. The summed E-state index contributed by atoms with van der Waals surface area (Å²) in [4.78, 5) is 26.2. The molecule has 2 rings (SSSR count). The highest BCUT2D eigenvalue weighted by molar-refractivity contribution is 5.92. The molecule has 2 aromatic heterocycles. The topological polar surface area (TPSA) is 116 Å². The van der Waals surface area contributed by atoms with Gasteiger partial charge in [0.05, 0.1) is 12.1 Å². The van der Waals surface area contributed by atoms with Gasteiger partial charge in [0.15, 0.2) is 0 Å². The summed E-state index contributed by atoms with van der Waals surface area (Å²) >= 11 is 0. The number of hydrogen-bond donors (Lipinski definition) is 2. The summed E-state index contributed by atoms with van der Waals surface area (Å²) in [6.45, 7) is 0.0494. The maximum absolute atomic E-state index is 11.7. The molecular formula is C13H9N3O4. The van der Waals surface area contributed by atoms with Gasteiger partial charge in [-0.05, 0) is 24.3 Å². The number of nitrogens with zero attached hydrogens (tertiary/aromatic N) is 2. The second-order valence-corrected chi connectivity index (χ2v) is 3.80. The van der Waals surface area contributed by atoms with Gasteiger partial charge in [-0.3, -0.25) is 4.79 Å². The third kappa shape index (κ3) is 3.00. The molecule has 7 nitrogen and oxygen atoms in total. The van der Waals surface area contributed by atoms with Crippen molar-refractivity contribution in [1.82, 2.24) is 10.3 Å². The molecule has 7 heteroatoms. The fraction of sp³-hybridized carbons (Fsp3) is 0.0769. The SMILES string of the molecule is N#Cc1ccc(C(=O)NCc2ccc(C(=O)O)o2)nc1. The maximum atomic E-state index is 11.7. The molecule has 0 aliphatic heterocycles. The number of amides is 1. The second kappa shape index (κ2) is 5.67. The Labute approximate surface area is 113 Å². The number of nitrogens with one attached hydrogen (secondary N) is 1. The third-order valence-electron chi connectivity index (χ3n) is 2.42. The summed E-state index contributed by atoms with van der Waals surface area (Å²) in [6.07, 6.45) is 1.30. The first-order chi connectivity index (χ1) is 9.60. The predicted octanol–water partition coefficient (Wildman–Crippen LogP) is 1.17. The van der Waals surface area contributed by atoms with Crippen molar-refractivity contribution in [3.8, 4) is 6.07 Å². The molecule has 0 atom stereocenters. The molecule has 1 amide bonds. The van der Waals surface area contributed by atoms with Crippen LogP contribution in [-0.4, -0.2) is 22.0 Å². The van der Waals surface area contributed by atoms with E-state index in [4.69, 9.17) is 14.8 Å². The van der Waals surface area contributed by atoms with E-state index in [1.165, 1.54) is 30.5 Å². The molecule has 0 spiro atoms. The first-order valence-corrected chi connectivity index (χ1v) is 5.56. The van der Waals surface area contributed by atoms with Gasteiger partial charge in [-0.2, -0.15) is 5.26 Å². The Bertz CT molecular complexity index is 682. The number of carboxylic acids is 1. The van der Waals surface area contributed by atoms with Crippen molar-refractivity contribution in [2.24, 2.45) is 0 Å². The van der Waals surface area contributed by atoms with Crippen molar-refractivity contribution in [3.63, 3.8) is 0 Å². The molecule has 20 heavy (non-hydrogen) atoms. The Morgan fingerprint density at radius 2 is 2.15 bits per heavy atom. The number of carboxylic acid groups (broad SMARTS) is 1. The minimum atomic E-state index is -1.17. The molecule has 0 radical (unpaired) electrons. The first-order valence-electron chi connectivity index (χ1n) is 5.56. The van der Waals surface area contributed by atoms with Crippen LogP contribution in [0.25, 0.3) is 0 Å². The summed E-state index contributed by atoms with van der Waals surface area (Å²) in [7, 11) is 0. The standard InChI is InChI=1S/C13H9N3O4/c14-5-8-1-3-10(15-6-8)12(17)16-7-9-2-4-11(20-9)13(18)19/h1-4,6H,7H2,(H,16,17)(H,18,19). The average molecular weight is 271 g/mol. The highest BCUT2D eigenvalue weighted by Gasteiger charge is 2.11. The molecule has 0 fully saturated rings. The van der Waals surface area contributed by atoms with E-state index in [-0.39, 0.29) is 18.0 Å². The van der Waals surface area contributed by atoms with E-state index in [1.807, 2.05) is 6.07 Å². The molecule has 0 saturated heterocycles. The van der Waals surface area contributed by atoms with Crippen LogP contribution >= 0.6 is 0 Å². The van der Waals surface area contributed by atoms with Crippen LogP contribution in [0.1, 0.15) is 32.4 Å². The lowest BCUT2D eigenvalue weighted by molar-refractivity contribution is 0.0660. The molecular weight excluding hydrogens is 262 g/mol. The highest BCUT2D eigenvalue weighted by atomic mass is 16.4. The fourth-order valence-corrected chi connectivity index (χ4v) is 1.44. The smallest absolute Gasteiger partial charge is 0.371 e. The third-order valence-corrected chi connectivity index (χ3v) is 2.42. The Morgan fingerprint density at radius 3 is 2.70 bits per heavy atom. The summed E-state index contributed by atoms with van der Waals surface area (Å²) in [5.74, 6) is -1.48. The number of aromatic carboxylic acids is 1. The van der Waals surface area contributed by atoms with Crippen molar-refractivity contribution < 1.29 is 19.1 Å². The van der Waals surface area contributed by atoms with Crippen molar-refractivity contribution >= 4 is 11.9 Å². The molecule has 0 unspecified atom stereocenters. The van der Waals surface area contributed by atoms with Crippen molar-refractivity contribution in [2.75, 3.05) is 0 Å². The number of pyridine rings is 1. The fourth-order valence-electron chi connectivity index (χ4n) is 1.44. The Balaban J connectivity index is 1.97. The number of carbonyl (C=O) groups excluding carboxylic acids is 1. The zero-order valence-electron chi connectivity index (χ0n) is 10.2. The first kappa shape index (κ1) is 13.3. The van der Waals surface area contributed by atoms with Crippen molar-refractivity contribution in [3.05, 3.63) is 53.2 Å². The monoisotopic (exact) mass is 271 g/mol. The molecule has 2 heterocycles. The summed E-state index contributed by atoms with van der Waals surface area (Å²) < 4.78 is 4.99. The number of aromatic nitrogens is 1. The van der Waals surface area contributed by atoms with Crippen LogP contribution in [0.2, 0.25) is 0 Å². The van der Waals surface area contributed by atoms with Crippen LogP contribution in [0.15, 0.2) is 34.9 Å². The lowest BCUT2D eigenvalue weighted by Crippen LogP contribution is -2.23. The van der Waals surface area contributed by atoms with Crippen LogP contribution in [0.5, 0.6) is 0 Å². The minimum Gasteiger partial charge on any atom is -0.475 e. The van der Waals surface area contributed by atoms with E-state index >= 15 is 0 Å². The Hall–Kier alpha value is -3.14. The summed E-state index contributed by atoms with van der Waals surface area (Å²) in [5.41, 5.74) is 0.521. The summed E-state index contributed by atoms with van der Waals surface area (Å²) in [5, 5.41) is 19.8. The number of nitriles is 1. The second-order valence-electron chi connectivity index (χ2n) is 3.80. The molecule has 0 saturated carbocycles. The summed E-state index contributed by atoms with van der Waals surface area (Å²) in [6, 6.07) is 7.59. The number of furan rings is 1. The van der Waals surface area contributed by atoms with Crippen LogP contribution in [0, 0.1) is 11.3 Å². The largest absolute Gasteiger partial charge is 0.475 e. The molecule has 0 bridgehead atoms. The zero-order chi connectivity index (χ0) is 14.5. The van der Waals surface area contributed by atoms with Crippen molar-refractivity contribution in [1.29, 1.82) is 5.26 Å². The number of carbonyl (C=O) groups is 2. The van der Waals surface area contributed by atoms with Gasteiger partial charge in [0, 0.05) is 6.20 Å². The van der Waals surface area contributed by atoms with E-state index in [0.29, 0.717) is 11.3 Å². The van der Waals surface area contributed by atoms with Gasteiger partial charge >= 0.3 is 5.97 Å². The molecule has 2 aromatic rings. The Kier molecular flexibility index (Phi) is 3.77. The molecule has 0 aromatic carbocycles. The molecule has 2 N–H and O–H groups in total. The van der Waals surface area contributed by atoms with Gasteiger partial charge < -0.3 is 14.8 Å². The van der Waals surface area contributed by atoms with Crippen molar-refractivity contribution in [2.45, 2.75) is 6.54 Å². The molecule has 100 valence electrons. The van der Waals surface area contributed by atoms with E-state index in [1.54, 1.807) is 0 Å². The average Bonchev–Trinajstić information content (AvgIpc) is 2.94. The minimum absolute atomic E-state index is 0.0494. The van der Waals surface area contributed by atoms with Crippen LogP contribution in [0.3, 0.4) is 0 Å². The van der Waals surface area contributed by atoms with E-state index in [2.05, 4.69) is 10.3 Å². The van der Waals surface area contributed by atoms with Crippen LogP contribution in [0.4, 0.5) is 0 Å².